The molecule has 6 heteroatoms. The first-order valence-electron chi connectivity index (χ1n) is 8.20. The van der Waals surface area contributed by atoms with Gasteiger partial charge in [-0.2, -0.15) is 0 Å². The van der Waals surface area contributed by atoms with E-state index in [1.165, 1.54) is 18.2 Å². The number of ether oxygens (including phenoxy) is 2. The first-order valence-corrected chi connectivity index (χ1v) is 8.20. The summed E-state index contributed by atoms with van der Waals surface area (Å²) in [7, 11) is 3.09. The van der Waals surface area contributed by atoms with Crippen LogP contribution in [0.2, 0.25) is 0 Å². The molecule has 1 heterocycles. The minimum atomic E-state index is -0.257. The van der Waals surface area contributed by atoms with Gasteiger partial charge in [0, 0.05) is 18.3 Å². The van der Waals surface area contributed by atoms with Crippen LogP contribution in [-0.4, -0.2) is 29.7 Å². The number of amides is 1. The second kappa shape index (κ2) is 7.74. The molecule has 0 aliphatic carbocycles. The smallest absolute Gasteiger partial charge is 0.256 e. The Morgan fingerprint density at radius 2 is 1.88 bits per heavy atom. The topological polar surface area (TPSA) is 65.4 Å². The molecule has 0 bridgehead atoms. The average molecular weight is 351 g/mol. The maximum atomic E-state index is 12.4. The number of aromatic nitrogens is 2. The lowest BCUT2D eigenvalue weighted by molar-refractivity contribution is 0.102. The van der Waals surface area contributed by atoms with Gasteiger partial charge in [0.2, 0.25) is 0 Å². The van der Waals surface area contributed by atoms with Gasteiger partial charge in [0.05, 0.1) is 20.5 Å². The van der Waals surface area contributed by atoms with Gasteiger partial charge >= 0.3 is 0 Å². The van der Waals surface area contributed by atoms with Crippen LogP contribution in [-0.2, 0) is 6.54 Å². The van der Waals surface area contributed by atoms with Crippen molar-refractivity contribution >= 4 is 11.7 Å². The summed E-state index contributed by atoms with van der Waals surface area (Å²) < 4.78 is 12.4. The quantitative estimate of drug-likeness (QED) is 0.738. The van der Waals surface area contributed by atoms with E-state index in [0.29, 0.717) is 29.4 Å². The Balaban J connectivity index is 1.71. The second-order valence-electron chi connectivity index (χ2n) is 5.88. The molecule has 0 atom stereocenters. The average Bonchev–Trinajstić information content (AvgIpc) is 3.09. The zero-order valence-corrected chi connectivity index (χ0v) is 15.0. The summed E-state index contributed by atoms with van der Waals surface area (Å²) in [4.78, 5) is 16.7. The number of carbonyl (C=O) groups is 1. The van der Waals surface area contributed by atoms with Crippen LogP contribution in [0.15, 0.2) is 55.0 Å². The highest BCUT2D eigenvalue weighted by Crippen LogP contribution is 2.27. The fraction of sp³-hybridized carbons (Fsp3) is 0.200. The highest BCUT2D eigenvalue weighted by Gasteiger charge is 2.12. The molecule has 1 amide bonds. The maximum Gasteiger partial charge on any atom is 0.256 e. The van der Waals surface area contributed by atoms with Gasteiger partial charge < -0.3 is 19.4 Å². The molecular formula is C20H21N3O3. The van der Waals surface area contributed by atoms with E-state index in [2.05, 4.69) is 29.4 Å². The molecule has 0 spiro atoms. The lowest BCUT2D eigenvalue weighted by Crippen LogP contribution is -2.12. The lowest BCUT2D eigenvalue weighted by atomic mass is 10.1. The van der Waals surface area contributed by atoms with Gasteiger partial charge in [-0.25, -0.2) is 4.98 Å². The van der Waals surface area contributed by atoms with E-state index >= 15 is 0 Å². The molecule has 0 radical (unpaired) electrons. The normalized spacial score (nSPS) is 10.4. The van der Waals surface area contributed by atoms with Crippen LogP contribution in [0.5, 0.6) is 11.5 Å². The first kappa shape index (κ1) is 17.5. The molecule has 26 heavy (non-hydrogen) atoms. The number of imidazole rings is 1. The standard InChI is InChI=1S/C20H21N3O3/c1-14-6-4-5-7-16(14)11-23-12-19(21-13-23)22-20(24)15-8-9-17(25-2)18(10-15)26-3/h4-10,12-13H,11H2,1-3H3,(H,22,24). The van der Waals surface area contributed by atoms with Crippen molar-refractivity contribution in [1.29, 1.82) is 0 Å². The van der Waals surface area contributed by atoms with Crippen LogP contribution in [0.4, 0.5) is 5.82 Å². The third-order valence-corrected chi connectivity index (χ3v) is 4.13. The van der Waals surface area contributed by atoms with Crippen LogP contribution in [0.3, 0.4) is 0 Å². The summed E-state index contributed by atoms with van der Waals surface area (Å²) in [6, 6.07) is 13.2. The van der Waals surface area contributed by atoms with E-state index in [1.54, 1.807) is 31.6 Å². The number of aryl methyl sites for hydroxylation is 1. The van der Waals surface area contributed by atoms with Crippen molar-refractivity contribution in [3.05, 3.63) is 71.7 Å². The number of rotatable bonds is 6. The molecule has 3 rings (SSSR count). The van der Waals surface area contributed by atoms with E-state index in [-0.39, 0.29) is 5.91 Å². The number of hydrogen-bond donors (Lipinski definition) is 1. The second-order valence-corrected chi connectivity index (χ2v) is 5.88. The van der Waals surface area contributed by atoms with Gasteiger partial charge in [-0.3, -0.25) is 4.79 Å². The Kier molecular flexibility index (Phi) is 5.22. The fourth-order valence-corrected chi connectivity index (χ4v) is 2.66. The monoisotopic (exact) mass is 351 g/mol. The van der Waals surface area contributed by atoms with Crippen molar-refractivity contribution in [3.63, 3.8) is 0 Å². The van der Waals surface area contributed by atoms with Crippen LogP contribution >= 0.6 is 0 Å². The Bertz CT molecular complexity index is 918. The zero-order chi connectivity index (χ0) is 18.5. The van der Waals surface area contributed by atoms with Gasteiger partial charge in [-0.15, -0.1) is 0 Å². The highest BCUT2D eigenvalue weighted by molar-refractivity contribution is 6.04. The molecule has 3 aromatic rings. The van der Waals surface area contributed by atoms with Crippen molar-refractivity contribution in [2.75, 3.05) is 19.5 Å². The van der Waals surface area contributed by atoms with Crippen LogP contribution in [0.1, 0.15) is 21.5 Å². The number of hydrogen-bond acceptors (Lipinski definition) is 4. The number of benzene rings is 2. The number of methoxy groups -OCH3 is 2. The van der Waals surface area contributed by atoms with Crippen molar-refractivity contribution < 1.29 is 14.3 Å². The molecule has 0 saturated heterocycles. The van der Waals surface area contributed by atoms with Gasteiger partial charge in [0.15, 0.2) is 17.3 Å². The number of carbonyl (C=O) groups excluding carboxylic acids is 1. The van der Waals surface area contributed by atoms with Gasteiger partial charge in [0.25, 0.3) is 5.91 Å². The first-order chi connectivity index (χ1) is 12.6. The molecule has 0 fully saturated rings. The molecule has 0 aliphatic heterocycles. The van der Waals surface area contributed by atoms with Crippen molar-refractivity contribution in [3.8, 4) is 11.5 Å². The highest BCUT2D eigenvalue weighted by atomic mass is 16.5. The Morgan fingerprint density at radius 1 is 1.12 bits per heavy atom. The van der Waals surface area contributed by atoms with E-state index < -0.39 is 0 Å². The number of nitrogens with zero attached hydrogens (tertiary/aromatic N) is 2. The third kappa shape index (κ3) is 3.85. The lowest BCUT2D eigenvalue weighted by Gasteiger charge is -2.09. The molecule has 0 aliphatic rings. The molecule has 2 aromatic carbocycles. The summed E-state index contributed by atoms with van der Waals surface area (Å²) in [5.41, 5.74) is 2.90. The van der Waals surface area contributed by atoms with Gasteiger partial charge in [0.1, 0.15) is 0 Å². The van der Waals surface area contributed by atoms with Crippen molar-refractivity contribution in [1.82, 2.24) is 9.55 Å². The van der Waals surface area contributed by atoms with Gasteiger partial charge in [-0.1, -0.05) is 24.3 Å². The predicted molar refractivity (Wildman–Crippen MR) is 100 cm³/mol. The summed E-state index contributed by atoms with van der Waals surface area (Å²) in [5.74, 6) is 1.32. The number of nitrogens with one attached hydrogen (secondary N) is 1. The summed E-state index contributed by atoms with van der Waals surface area (Å²) in [5, 5.41) is 2.80. The summed E-state index contributed by atoms with van der Waals surface area (Å²) in [6.07, 6.45) is 3.52. The van der Waals surface area contributed by atoms with Crippen LogP contribution in [0.25, 0.3) is 0 Å². The van der Waals surface area contributed by atoms with E-state index in [4.69, 9.17) is 9.47 Å². The Hall–Kier alpha value is -3.28. The van der Waals surface area contributed by atoms with Crippen LogP contribution in [0, 0.1) is 6.92 Å². The van der Waals surface area contributed by atoms with E-state index in [9.17, 15) is 4.79 Å². The van der Waals surface area contributed by atoms with E-state index in [1.807, 2.05) is 22.9 Å². The largest absolute Gasteiger partial charge is 0.493 e. The number of anilines is 1. The zero-order valence-electron chi connectivity index (χ0n) is 15.0. The Morgan fingerprint density at radius 3 is 2.62 bits per heavy atom. The Labute approximate surface area is 152 Å². The van der Waals surface area contributed by atoms with Crippen LogP contribution < -0.4 is 14.8 Å². The molecule has 1 N–H and O–H groups in total. The maximum absolute atomic E-state index is 12.4. The van der Waals surface area contributed by atoms with Gasteiger partial charge in [-0.05, 0) is 36.2 Å². The SMILES string of the molecule is COc1ccc(C(=O)Nc2cn(Cc3ccccc3C)cn2)cc1OC. The molecule has 0 saturated carbocycles. The predicted octanol–water partition coefficient (Wildman–Crippen LogP) is 3.51. The third-order valence-electron chi connectivity index (χ3n) is 4.13. The summed E-state index contributed by atoms with van der Waals surface area (Å²) >= 11 is 0. The molecular weight excluding hydrogens is 330 g/mol. The molecule has 0 unspecified atom stereocenters. The molecule has 134 valence electrons. The molecule has 1 aromatic heterocycles. The molecule has 6 nitrogen and oxygen atoms in total. The summed E-state index contributed by atoms with van der Waals surface area (Å²) in [6.45, 7) is 2.78. The minimum Gasteiger partial charge on any atom is -0.493 e. The van der Waals surface area contributed by atoms with Crippen molar-refractivity contribution in [2.45, 2.75) is 13.5 Å². The minimum absolute atomic E-state index is 0.257. The van der Waals surface area contributed by atoms with Crippen molar-refractivity contribution in [2.24, 2.45) is 0 Å². The fourth-order valence-electron chi connectivity index (χ4n) is 2.66. The van der Waals surface area contributed by atoms with E-state index in [0.717, 1.165) is 0 Å².